The first-order chi connectivity index (χ1) is 14.9. The number of benzene rings is 2. The van der Waals surface area contributed by atoms with Gasteiger partial charge in [-0.3, -0.25) is 9.59 Å². The van der Waals surface area contributed by atoms with Crippen molar-refractivity contribution in [3.63, 3.8) is 0 Å². The summed E-state index contributed by atoms with van der Waals surface area (Å²) in [7, 11) is 0. The van der Waals surface area contributed by atoms with Gasteiger partial charge in [-0.25, -0.2) is 9.97 Å². The molecule has 0 aliphatic heterocycles. The second kappa shape index (κ2) is 8.55. The smallest absolute Gasteiger partial charge is 0.255 e. The Bertz CT molecular complexity index is 1090. The number of aromatic nitrogens is 2. The summed E-state index contributed by atoms with van der Waals surface area (Å²) in [6, 6.07) is 14.2. The van der Waals surface area contributed by atoms with Crippen LogP contribution in [0.1, 0.15) is 39.9 Å². The van der Waals surface area contributed by atoms with Crippen LogP contribution in [0.3, 0.4) is 0 Å². The molecule has 31 heavy (non-hydrogen) atoms. The molecule has 0 bridgehead atoms. The minimum atomic E-state index is -0.836. The fourth-order valence-electron chi connectivity index (χ4n) is 3.41. The average molecular weight is 415 g/mol. The Morgan fingerprint density at radius 1 is 1.00 bits per heavy atom. The molecule has 0 atom stereocenters. The molecule has 0 saturated heterocycles. The van der Waals surface area contributed by atoms with Gasteiger partial charge in [-0.2, -0.15) is 0 Å². The highest BCUT2D eigenvalue weighted by atomic mass is 16.2. The van der Waals surface area contributed by atoms with E-state index in [4.69, 9.17) is 0 Å². The SMILES string of the molecule is Cc1ccc(Nc2ccc(CNC(=O)C3(NC(=O)c4cncnc4)CC3)cc2)c(C)c1. The van der Waals surface area contributed by atoms with E-state index in [-0.39, 0.29) is 11.8 Å². The summed E-state index contributed by atoms with van der Waals surface area (Å²) in [6.45, 7) is 4.55. The summed E-state index contributed by atoms with van der Waals surface area (Å²) in [4.78, 5) is 32.7. The van der Waals surface area contributed by atoms with Crippen LogP contribution in [0.15, 0.2) is 61.2 Å². The zero-order valence-electron chi connectivity index (χ0n) is 17.6. The number of aryl methyl sites for hydroxylation is 2. The van der Waals surface area contributed by atoms with Crippen LogP contribution in [0.4, 0.5) is 11.4 Å². The van der Waals surface area contributed by atoms with Gasteiger partial charge in [0.1, 0.15) is 11.9 Å². The van der Waals surface area contributed by atoms with Crippen LogP contribution in [-0.2, 0) is 11.3 Å². The third kappa shape index (κ3) is 4.88. The lowest BCUT2D eigenvalue weighted by Crippen LogP contribution is -2.48. The molecular weight excluding hydrogens is 390 g/mol. The Balaban J connectivity index is 1.31. The molecular formula is C24H25N5O2. The number of hydrogen-bond acceptors (Lipinski definition) is 5. The quantitative estimate of drug-likeness (QED) is 0.550. The van der Waals surface area contributed by atoms with Crippen LogP contribution in [0.5, 0.6) is 0 Å². The van der Waals surface area contributed by atoms with Crippen molar-refractivity contribution < 1.29 is 9.59 Å². The van der Waals surface area contributed by atoms with Gasteiger partial charge in [0.25, 0.3) is 5.91 Å². The van der Waals surface area contributed by atoms with Crippen molar-refractivity contribution in [3.8, 4) is 0 Å². The van der Waals surface area contributed by atoms with Crippen molar-refractivity contribution in [2.45, 2.75) is 38.8 Å². The standard InChI is InChI=1S/C24H25N5O2/c1-16-3-8-21(17(2)11-16)28-20-6-4-18(5-7-20)12-27-23(31)24(9-10-24)29-22(30)19-13-25-15-26-14-19/h3-8,11,13-15,28H,9-10,12H2,1-2H3,(H,27,31)(H,29,30). The maximum absolute atomic E-state index is 12.7. The largest absolute Gasteiger partial charge is 0.355 e. The van der Waals surface area contributed by atoms with Gasteiger partial charge in [0.15, 0.2) is 0 Å². The molecule has 1 aliphatic carbocycles. The highest BCUT2D eigenvalue weighted by molar-refractivity contribution is 6.00. The lowest BCUT2D eigenvalue weighted by atomic mass is 10.1. The second-order valence-electron chi connectivity index (χ2n) is 7.99. The van der Waals surface area contributed by atoms with Crippen LogP contribution in [0, 0.1) is 13.8 Å². The number of amides is 2. The molecule has 7 heteroatoms. The van der Waals surface area contributed by atoms with Crippen molar-refractivity contribution in [1.29, 1.82) is 0 Å². The van der Waals surface area contributed by atoms with E-state index in [9.17, 15) is 9.59 Å². The minimum absolute atomic E-state index is 0.171. The lowest BCUT2D eigenvalue weighted by molar-refractivity contribution is -0.124. The van der Waals surface area contributed by atoms with E-state index >= 15 is 0 Å². The van der Waals surface area contributed by atoms with Crippen molar-refractivity contribution in [2.24, 2.45) is 0 Å². The Morgan fingerprint density at radius 2 is 1.71 bits per heavy atom. The lowest BCUT2D eigenvalue weighted by Gasteiger charge is -2.17. The molecule has 2 amide bonds. The molecule has 0 radical (unpaired) electrons. The van der Waals surface area contributed by atoms with E-state index in [1.807, 2.05) is 24.3 Å². The third-order valence-electron chi connectivity index (χ3n) is 5.43. The number of nitrogens with zero attached hydrogens (tertiary/aromatic N) is 2. The van der Waals surface area contributed by atoms with Crippen molar-refractivity contribution in [1.82, 2.24) is 20.6 Å². The predicted molar refractivity (Wildman–Crippen MR) is 119 cm³/mol. The molecule has 2 aromatic carbocycles. The normalized spacial score (nSPS) is 13.9. The summed E-state index contributed by atoms with van der Waals surface area (Å²) < 4.78 is 0. The Labute approximate surface area is 181 Å². The summed E-state index contributed by atoms with van der Waals surface area (Å²) in [5.74, 6) is -0.509. The third-order valence-corrected chi connectivity index (χ3v) is 5.43. The molecule has 1 fully saturated rings. The molecule has 3 N–H and O–H groups in total. The highest BCUT2D eigenvalue weighted by Gasteiger charge is 2.51. The van der Waals surface area contributed by atoms with Crippen molar-refractivity contribution >= 4 is 23.2 Å². The number of nitrogens with one attached hydrogen (secondary N) is 3. The van der Waals surface area contributed by atoms with Gasteiger partial charge in [0, 0.05) is 30.3 Å². The van der Waals surface area contributed by atoms with E-state index in [0.29, 0.717) is 24.9 Å². The first kappa shape index (κ1) is 20.5. The topological polar surface area (TPSA) is 96.0 Å². The van der Waals surface area contributed by atoms with Gasteiger partial charge in [0.05, 0.1) is 5.56 Å². The predicted octanol–water partition coefficient (Wildman–Crippen LogP) is 3.42. The summed E-state index contributed by atoms with van der Waals surface area (Å²) in [6.07, 6.45) is 5.47. The van der Waals surface area contributed by atoms with E-state index < -0.39 is 5.54 Å². The number of rotatable bonds is 7. The van der Waals surface area contributed by atoms with Gasteiger partial charge < -0.3 is 16.0 Å². The zero-order valence-corrected chi connectivity index (χ0v) is 17.6. The van der Waals surface area contributed by atoms with Crippen molar-refractivity contribution in [2.75, 3.05) is 5.32 Å². The summed E-state index contributed by atoms with van der Waals surface area (Å²) >= 11 is 0. The molecule has 0 unspecified atom stereocenters. The van der Waals surface area contributed by atoms with Gasteiger partial charge in [-0.15, -0.1) is 0 Å². The fraction of sp³-hybridized carbons (Fsp3) is 0.250. The first-order valence-corrected chi connectivity index (χ1v) is 10.2. The summed E-state index contributed by atoms with van der Waals surface area (Å²) in [5.41, 5.74) is 4.97. The van der Waals surface area contributed by atoms with Gasteiger partial charge in [-0.1, -0.05) is 29.8 Å². The van der Waals surface area contributed by atoms with E-state index in [1.165, 1.54) is 29.8 Å². The van der Waals surface area contributed by atoms with E-state index in [1.54, 1.807) is 0 Å². The molecule has 1 aliphatic rings. The maximum Gasteiger partial charge on any atom is 0.255 e. The monoisotopic (exact) mass is 415 g/mol. The van der Waals surface area contributed by atoms with Gasteiger partial charge in [0.2, 0.25) is 5.91 Å². The highest BCUT2D eigenvalue weighted by Crippen LogP contribution is 2.36. The van der Waals surface area contributed by atoms with Crippen LogP contribution in [0.25, 0.3) is 0 Å². The zero-order chi connectivity index (χ0) is 21.8. The average Bonchev–Trinajstić information content (AvgIpc) is 3.56. The molecule has 1 aromatic heterocycles. The maximum atomic E-state index is 12.7. The molecule has 1 saturated carbocycles. The fourth-order valence-corrected chi connectivity index (χ4v) is 3.41. The molecule has 0 spiro atoms. The Morgan fingerprint density at radius 3 is 2.35 bits per heavy atom. The molecule has 158 valence electrons. The second-order valence-corrected chi connectivity index (χ2v) is 7.99. The molecule has 4 rings (SSSR count). The van der Waals surface area contributed by atoms with Crippen LogP contribution in [0.2, 0.25) is 0 Å². The molecule has 7 nitrogen and oxygen atoms in total. The number of hydrogen-bond donors (Lipinski definition) is 3. The van der Waals surface area contributed by atoms with Crippen LogP contribution in [-0.4, -0.2) is 27.3 Å². The molecule has 3 aromatic rings. The number of carbonyl (C=O) groups excluding carboxylic acids is 2. The Hall–Kier alpha value is -3.74. The van der Waals surface area contributed by atoms with Crippen LogP contribution < -0.4 is 16.0 Å². The Kier molecular flexibility index (Phi) is 5.66. The van der Waals surface area contributed by atoms with Gasteiger partial charge in [-0.05, 0) is 56.0 Å². The van der Waals surface area contributed by atoms with Crippen LogP contribution >= 0.6 is 0 Å². The van der Waals surface area contributed by atoms with E-state index in [0.717, 1.165) is 16.9 Å². The summed E-state index contributed by atoms with van der Waals surface area (Å²) in [5, 5.41) is 9.18. The first-order valence-electron chi connectivity index (χ1n) is 10.2. The van der Waals surface area contributed by atoms with E-state index in [2.05, 4.69) is 58.0 Å². The number of anilines is 2. The number of carbonyl (C=O) groups is 2. The molecule has 1 heterocycles. The van der Waals surface area contributed by atoms with Gasteiger partial charge >= 0.3 is 0 Å². The van der Waals surface area contributed by atoms with Crippen molar-refractivity contribution in [3.05, 3.63) is 83.4 Å². The minimum Gasteiger partial charge on any atom is -0.355 e.